The van der Waals surface area contributed by atoms with Crippen LogP contribution in [0.4, 0.5) is 11.4 Å². The molecule has 0 atom stereocenters. The number of aliphatic hydroxyl groups excluding tert-OH is 1. The van der Waals surface area contributed by atoms with Gasteiger partial charge < -0.3 is 19.7 Å². The molecule has 0 radical (unpaired) electrons. The molecule has 2 heterocycles. The topological polar surface area (TPSA) is 74.4 Å². The molecule has 0 saturated carbocycles. The third kappa shape index (κ3) is 3.87. The molecule has 2 aromatic rings. The number of anilines is 2. The largest absolute Gasteiger partial charge is 0.423 e. The van der Waals surface area contributed by atoms with Gasteiger partial charge in [-0.1, -0.05) is 26.0 Å². The maximum atomic E-state index is 9.30. The van der Waals surface area contributed by atoms with Crippen molar-refractivity contribution in [2.45, 2.75) is 39.2 Å². The fraction of sp³-hybridized carbons (Fsp3) is 0.556. The van der Waals surface area contributed by atoms with Crippen LogP contribution >= 0.6 is 0 Å². The van der Waals surface area contributed by atoms with E-state index in [2.05, 4.69) is 38.6 Å². The van der Waals surface area contributed by atoms with Gasteiger partial charge in [-0.05, 0) is 30.9 Å². The summed E-state index contributed by atoms with van der Waals surface area (Å²) >= 11 is 0. The fourth-order valence-corrected chi connectivity index (χ4v) is 3.00. The number of nitrogens with one attached hydrogen (secondary N) is 1. The Hall–Kier alpha value is -2.08. The quantitative estimate of drug-likeness (QED) is 0.848. The van der Waals surface area contributed by atoms with Crippen molar-refractivity contribution in [3.63, 3.8) is 0 Å². The number of aromatic nitrogens is 2. The minimum atomic E-state index is 0.242. The van der Waals surface area contributed by atoms with Crippen molar-refractivity contribution in [3.8, 4) is 0 Å². The van der Waals surface area contributed by atoms with Crippen LogP contribution in [-0.2, 0) is 6.54 Å². The molecule has 0 bridgehead atoms. The molecular weight excluding hydrogens is 304 g/mol. The number of benzene rings is 1. The number of piperidine rings is 1. The number of aliphatic hydroxyl groups is 1. The van der Waals surface area contributed by atoms with E-state index in [1.54, 1.807) is 0 Å². The molecule has 1 aliphatic rings. The second-order valence-corrected chi connectivity index (χ2v) is 6.67. The lowest BCUT2D eigenvalue weighted by molar-refractivity contribution is 0.203. The Bertz CT molecular complexity index is 648. The first kappa shape index (κ1) is 16.8. The molecule has 1 aliphatic heterocycles. The van der Waals surface area contributed by atoms with Gasteiger partial charge in [0.05, 0.1) is 17.9 Å². The van der Waals surface area contributed by atoms with E-state index < -0.39 is 0 Å². The van der Waals surface area contributed by atoms with Crippen molar-refractivity contribution >= 4 is 11.4 Å². The van der Waals surface area contributed by atoms with Crippen LogP contribution in [0.5, 0.6) is 0 Å². The average molecular weight is 330 g/mol. The van der Waals surface area contributed by atoms with Crippen molar-refractivity contribution in [2.24, 2.45) is 5.92 Å². The first-order valence-electron chi connectivity index (χ1n) is 8.68. The summed E-state index contributed by atoms with van der Waals surface area (Å²) in [6.45, 7) is 6.84. The van der Waals surface area contributed by atoms with E-state index in [9.17, 15) is 5.11 Å². The summed E-state index contributed by atoms with van der Waals surface area (Å²) in [5.41, 5.74) is 2.27. The SMILES string of the molecule is CC(C)c1nnc(CNc2ccccc2N2CCC(CO)CC2)o1. The highest BCUT2D eigenvalue weighted by Crippen LogP contribution is 2.30. The molecule has 130 valence electrons. The normalized spacial score (nSPS) is 15.9. The van der Waals surface area contributed by atoms with Crippen LogP contribution in [-0.4, -0.2) is 35.0 Å². The van der Waals surface area contributed by atoms with Gasteiger partial charge in [-0.3, -0.25) is 0 Å². The van der Waals surface area contributed by atoms with Crippen LogP contribution in [0.25, 0.3) is 0 Å². The van der Waals surface area contributed by atoms with Crippen LogP contribution in [0.1, 0.15) is 44.4 Å². The number of nitrogens with zero attached hydrogens (tertiary/aromatic N) is 3. The van der Waals surface area contributed by atoms with Crippen molar-refractivity contribution in [1.82, 2.24) is 10.2 Å². The highest BCUT2D eigenvalue weighted by Gasteiger charge is 2.20. The zero-order valence-electron chi connectivity index (χ0n) is 14.4. The lowest BCUT2D eigenvalue weighted by atomic mass is 9.97. The Morgan fingerprint density at radius 1 is 1.25 bits per heavy atom. The standard InChI is InChI=1S/C18H26N4O2/c1-13(2)18-21-20-17(24-18)11-19-15-5-3-4-6-16(15)22-9-7-14(12-23)8-10-22/h3-6,13-14,19,23H,7-12H2,1-2H3. The van der Waals surface area contributed by atoms with Crippen LogP contribution in [0.15, 0.2) is 28.7 Å². The molecule has 1 saturated heterocycles. The Labute approximate surface area is 142 Å². The molecule has 1 aromatic heterocycles. The van der Waals surface area contributed by atoms with Crippen molar-refractivity contribution in [1.29, 1.82) is 0 Å². The van der Waals surface area contributed by atoms with Gasteiger partial charge in [-0.15, -0.1) is 10.2 Å². The van der Waals surface area contributed by atoms with E-state index >= 15 is 0 Å². The van der Waals surface area contributed by atoms with Gasteiger partial charge in [0.1, 0.15) is 0 Å². The molecule has 2 N–H and O–H groups in total. The monoisotopic (exact) mass is 330 g/mol. The Morgan fingerprint density at radius 3 is 2.67 bits per heavy atom. The summed E-state index contributed by atoms with van der Waals surface area (Å²) in [4.78, 5) is 2.38. The van der Waals surface area contributed by atoms with E-state index in [0.29, 0.717) is 30.9 Å². The van der Waals surface area contributed by atoms with Gasteiger partial charge in [-0.2, -0.15) is 0 Å². The van der Waals surface area contributed by atoms with Crippen molar-refractivity contribution < 1.29 is 9.52 Å². The van der Waals surface area contributed by atoms with Crippen LogP contribution < -0.4 is 10.2 Å². The maximum absolute atomic E-state index is 9.30. The first-order chi connectivity index (χ1) is 11.7. The number of rotatable bonds is 6. The van der Waals surface area contributed by atoms with Gasteiger partial charge >= 0.3 is 0 Å². The molecule has 0 unspecified atom stereocenters. The van der Waals surface area contributed by atoms with E-state index in [1.807, 2.05) is 19.9 Å². The predicted molar refractivity (Wildman–Crippen MR) is 94.2 cm³/mol. The van der Waals surface area contributed by atoms with E-state index in [1.165, 1.54) is 5.69 Å². The van der Waals surface area contributed by atoms with Gasteiger partial charge in [0.2, 0.25) is 11.8 Å². The van der Waals surface area contributed by atoms with Gasteiger partial charge in [-0.25, -0.2) is 0 Å². The summed E-state index contributed by atoms with van der Waals surface area (Å²) in [6.07, 6.45) is 2.07. The van der Waals surface area contributed by atoms with Crippen LogP contribution in [0.3, 0.4) is 0 Å². The number of hydrogen-bond acceptors (Lipinski definition) is 6. The smallest absolute Gasteiger partial charge is 0.235 e. The second kappa shape index (κ2) is 7.66. The third-order valence-electron chi connectivity index (χ3n) is 4.52. The highest BCUT2D eigenvalue weighted by atomic mass is 16.4. The number of hydrogen-bond donors (Lipinski definition) is 2. The van der Waals surface area contributed by atoms with Crippen molar-refractivity contribution in [2.75, 3.05) is 29.9 Å². The molecule has 0 amide bonds. The predicted octanol–water partition coefficient (Wildman–Crippen LogP) is 3.01. The molecule has 6 heteroatoms. The molecule has 24 heavy (non-hydrogen) atoms. The summed E-state index contributed by atoms with van der Waals surface area (Å²) in [6, 6.07) is 8.30. The Balaban J connectivity index is 1.65. The van der Waals surface area contributed by atoms with E-state index in [-0.39, 0.29) is 5.92 Å². The van der Waals surface area contributed by atoms with Gasteiger partial charge in [0, 0.05) is 25.6 Å². The molecular formula is C18H26N4O2. The zero-order valence-corrected chi connectivity index (χ0v) is 14.4. The molecule has 1 fully saturated rings. The van der Waals surface area contributed by atoms with E-state index in [4.69, 9.17) is 4.42 Å². The molecule has 0 spiro atoms. The maximum Gasteiger partial charge on any atom is 0.235 e. The second-order valence-electron chi connectivity index (χ2n) is 6.67. The Kier molecular flexibility index (Phi) is 5.35. The highest BCUT2D eigenvalue weighted by molar-refractivity contribution is 5.70. The van der Waals surface area contributed by atoms with Crippen LogP contribution in [0, 0.1) is 5.92 Å². The first-order valence-corrected chi connectivity index (χ1v) is 8.68. The lowest BCUT2D eigenvalue weighted by Gasteiger charge is -2.34. The number of para-hydroxylation sites is 2. The zero-order chi connectivity index (χ0) is 16.9. The molecule has 0 aliphatic carbocycles. The summed E-state index contributed by atoms with van der Waals surface area (Å²) in [5, 5.41) is 20.9. The Morgan fingerprint density at radius 2 is 2.00 bits per heavy atom. The lowest BCUT2D eigenvalue weighted by Crippen LogP contribution is -2.35. The fourth-order valence-electron chi connectivity index (χ4n) is 3.00. The third-order valence-corrected chi connectivity index (χ3v) is 4.52. The summed E-state index contributed by atoms with van der Waals surface area (Å²) in [7, 11) is 0. The van der Waals surface area contributed by atoms with Gasteiger partial charge in [0.25, 0.3) is 0 Å². The molecule has 3 rings (SSSR count). The van der Waals surface area contributed by atoms with Crippen molar-refractivity contribution in [3.05, 3.63) is 36.0 Å². The average Bonchev–Trinajstić information content (AvgIpc) is 3.10. The van der Waals surface area contributed by atoms with Gasteiger partial charge in [0.15, 0.2) is 0 Å². The summed E-state index contributed by atoms with van der Waals surface area (Å²) in [5.74, 6) is 1.96. The van der Waals surface area contributed by atoms with Crippen LogP contribution in [0.2, 0.25) is 0 Å². The minimum absolute atomic E-state index is 0.242. The summed E-state index contributed by atoms with van der Waals surface area (Å²) < 4.78 is 5.65. The van der Waals surface area contributed by atoms with E-state index in [0.717, 1.165) is 31.6 Å². The minimum Gasteiger partial charge on any atom is -0.423 e. The molecule has 1 aromatic carbocycles. The molecule has 6 nitrogen and oxygen atoms in total.